The van der Waals surface area contributed by atoms with Crippen LogP contribution in [-0.4, -0.2) is 16.2 Å². The van der Waals surface area contributed by atoms with Crippen LogP contribution < -0.4 is 0 Å². The highest BCUT2D eigenvalue weighted by atomic mass is 19.4. The molecule has 0 bridgehead atoms. The number of aliphatic hydroxyl groups is 1. The average Bonchev–Trinajstić information content (AvgIpc) is 2.23. The molecule has 104 valence electrons. The van der Waals surface area contributed by atoms with Gasteiger partial charge in [0.15, 0.2) is 0 Å². The lowest BCUT2D eigenvalue weighted by molar-refractivity contribution is -0.160. The molecule has 1 saturated carbocycles. The van der Waals surface area contributed by atoms with Crippen LogP contribution in [0, 0.1) is 11.7 Å². The zero-order valence-corrected chi connectivity index (χ0v) is 9.54. The summed E-state index contributed by atoms with van der Waals surface area (Å²) >= 11 is 0. The minimum Gasteiger partial charge on any atom is -0.481 e. The Hall–Kier alpha value is -1.63. The SMILES string of the molecule is O=C(O)C1CC(O)(c2ccc(F)c(C(F)(F)F)c2)C1. The van der Waals surface area contributed by atoms with Crippen molar-refractivity contribution < 1.29 is 32.6 Å². The lowest BCUT2D eigenvalue weighted by Crippen LogP contribution is -2.44. The second kappa shape index (κ2) is 4.19. The molecule has 2 N–H and O–H groups in total. The molecule has 0 atom stereocenters. The van der Waals surface area contributed by atoms with Gasteiger partial charge >= 0.3 is 12.1 Å². The van der Waals surface area contributed by atoms with E-state index in [0.717, 1.165) is 6.07 Å². The Bertz CT molecular complexity index is 518. The molecule has 0 amide bonds. The molecule has 0 saturated heterocycles. The molecule has 1 aliphatic carbocycles. The fraction of sp³-hybridized carbons (Fsp3) is 0.417. The van der Waals surface area contributed by atoms with E-state index in [4.69, 9.17) is 5.11 Å². The fourth-order valence-electron chi connectivity index (χ4n) is 2.20. The van der Waals surface area contributed by atoms with Crippen LogP contribution in [0.2, 0.25) is 0 Å². The summed E-state index contributed by atoms with van der Waals surface area (Å²) in [6, 6.07) is 2.21. The number of rotatable bonds is 2. The maximum absolute atomic E-state index is 13.1. The average molecular weight is 278 g/mol. The second-order valence-electron chi connectivity index (χ2n) is 4.67. The molecule has 1 fully saturated rings. The molecular formula is C12H10F4O3. The number of benzene rings is 1. The standard InChI is InChI=1S/C12H10F4O3/c13-9-2-1-7(3-8(9)12(14,15)16)11(19)4-6(5-11)10(17)18/h1-3,6,19H,4-5H2,(H,17,18). The molecule has 0 radical (unpaired) electrons. The Morgan fingerprint density at radius 2 is 1.89 bits per heavy atom. The summed E-state index contributed by atoms with van der Waals surface area (Å²) in [7, 11) is 0. The predicted molar refractivity (Wildman–Crippen MR) is 55.7 cm³/mol. The van der Waals surface area contributed by atoms with Crippen LogP contribution in [0.4, 0.5) is 17.6 Å². The van der Waals surface area contributed by atoms with Gasteiger partial charge in [0.2, 0.25) is 0 Å². The van der Waals surface area contributed by atoms with E-state index in [1.165, 1.54) is 0 Å². The van der Waals surface area contributed by atoms with Crippen LogP contribution >= 0.6 is 0 Å². The Labute approximate surface area is 105 Å². The molecular weight excluding hydrogens is 268 g/mol. The zero-order valence-electron chi connectivity index (χ0n) is 9.54. The van der Waals surface area contributed by atoms with Gasteiger partial charge in [-0.3, -0.25) is 4.79 Å². The van der Waals surface area contributed by atoms with Gasteiger partial charge in [0, 0.05) is 0 Å². The summed E-state index contributed by atoms with van der Waals surface area (Å²) in [4.78, 5) is 10.6. The highest BCUT2D eigenvalue weighted by Gasteiger charge is 2.48. The number of aliphatic carboxylic acids is 1. The molecule has 19 heavy (non-hydrogen) atoms. The molecule has 1 aromatic rings. The van der Waals surface area contributed by atoms with Crippen molar-refractivity contribution in [2.45, 2.75) is 24.6 Å². The molecule has 0 unspecified atom stereocenters. The fourth-order valence-corrected chi connectivity index (χ4v) is 2.20. The number of hydrogen-bond acceptors (Lipinski definition) is 2. The maximum atomic E-state index is 13.1. The Morgan fingerprint density at radius 3 is 2.37 bits per heavy atom. The number of carboxylic acids is 1. The van der Waals surface area contributed by atoms with Crippen molar-refractivity contribution in [3.05, 3.63) is 35.1 Å². The minimum atomic E-state index is -4.85. The lowest BCUT2D eigenvalue weighted by Gasteiger charge is -2.42. The van der Waals surface area contributed by atoms with Crippen molar-refractivity contribution in [2.24, 2.45) is 5.92 Å². The molecule has 0 aromatic heterocycles. The third-order valence-electron chi connectivity index (χ3n) is 3.33. The Balaban J connectivity index is 2.31. The first-order valence-corrected chi connectivity index (χ1v) is 5.46. The minimum absolute atomic E-state index is 0.112. The van der Waals surface area contributed by atoms with Crippen molar-refractivity contribution in [1.29, 1.82) is 0 Å². The molecule has 3 nitrogen and oxygen atoms in total. The van der Waals surface area contributed by atoms with Crippen LogP contribution in [0.15, 0.2) is 18.2 Å². The molecule has 1 aromatic carbocycles. The number of hydrogen-bond donors (Lipinski definition) is 2. The summed E-state index contributed by atoms with van der Waals surface area (Å²) in [5.41, 5.74) is -3.20. The molecule has 7 heteroatoms. The summed E-state index contributed by atoms with van der Waals surface area (Å²) in [5, 5.41) is 18.7. The first-order chi connectivity index (χ1) is 8.63. The van der Waals surface area contributed by atoms with E-state index >= 15 is 0 Å². The molecule has 2 rings (SSSR count). The molecule has 0 aliphatic heterocycles. The summed E-state index contributed by atoms with van der Waals surface area (Å²) < 4.78 is 50.7. The first kappa shape index (κ1) is 13.8. The third-order valence-corrected chi connectivity index (χ3v) is 3.33. The Morgan fingerprint density at radius 1 is 1.32 bits per heavy atom. The van der Waals surface area contributed by atoms with Crippen molar-refractivity contribution in [3.8, 4) is 0 Å². The summed E-state index contributed by atoms with van der Waals surface area (Å²) in [6.07, 6.45) is -5.21. The predicted octanol–water partition coefficient (Wildman–Crippen LogP) is 2.53. The number of halogens is 4. The smallest absolute Gasteiger partial charge is 0.419 e. The van der Waals surface area contributed by atoms with Gasteiger partial charge in [-0.1, -0.05) is 6.07 Å². The van der Waals surface area contributed by atoms with Crippen LogP contribution in [0.5, 0.6) is 0 Å². The third kappa shape index (κ3) is 2.42. The molecule has 0 heterocycles. The lowest BCUT2D eigenvalue weighted by atomic mass is 9.67. The van der Waals surface area contributed by atoms with Gasteiger partial charge in [0.1, 0.15) is 5.82 Å². The zero-order chi connectivity index (χ0) is 14.4. The topological polar surface area (TPSA) is 57.5 Å². The van der Waals surface area contributed by atoms with Gasteiger partial charge in [-0.15, -0.1) is 0 Å². The van der Waals surface area contributed by atoms with Gasteiger partial charge < -0.3 is 10.2 Å². The number of carboxylic acid groups (broad SMARTS) is 1. The highest BCUT2D eigenvalue weighted by Crippen LogP contribution is 2.46. The van der Waals surface area contributed by atoms with Crippen molar-refractivity contribution in [1.82, 2.24) is 0 Å². The van der Waals surface area contributed by atoms with Gasteiger partial charge in [-0.2, -0.15) is 13.2 Å². The second-order valence-corrected chi connectivity index (χ2v) is 4.67. The van der Waals surface area contributed by atoms with Crippen molar-refractivity contribution in [2.75, 3.05) is 0 Å². The number of alkyl halides is 3. The van der Waals surface area contributed by atoms with Crippen LogP contribution in [0.25, 0.3) is 0 Å². The van der Waals surface area contributed by atoms with Crippen LogP contribution in [0.3, 0.4) is 0 Å². The normalized spacial score (nSPS) is 26.9. The maximum Gasteiger partial charge on any atom is 0.419 e. The quantitative estimate of drug-likeness (QED) is 0.817. The number of carbonyl (C=O) groups is 1. The van der Waals surface area contributed by atoms with E-state index in [9.17, 15) is 27.5 Å². The van der Waals surface area contributed by atoms with Crippen LogP contribution in [0.1, 0.15) is 24.0 Å². The largest absolute Gasteiger partial charge is 0.481 e. The van der Waals surface area contributed by atoms with E-state index in [2.05, 4.69) is 0 Å². The van der Waals surface area contributed by atoms with E-state index in [1.54, 1.807) is 0 Å². The first-order valence-electron chi connectivity index (χ1n) is 5.46. The molecule has 0 spiro atoms. The van der Waals surface area contributed by atoms with Gasteiger partial charge in [-0.05, 0) is 30.5 Å². The van der Waals surface area contributed by atoms with Crippen molar-refractivity contribution in [3.63, 3.8) is 0 Å². The van der Waals surface area contributed by atoms with E-state index in [0.29, 0.717) is 12.1 Å². The van der Waals surface area contributed by atoms with E-state index in [1.807, 2.05) is 0 Å². The summed E-state index contributed by atoms with van der Waals surface area (Å²) in [6.45, 7) is 0. The van der Waals surface area contributed by atoms with E-state index < -0.39 is 35.0 Å². The van der Waals surface area contributed by atoms with Crippen molar-refractivity contribution >= 4 is 5.97 Å². The van der Waals surface area contributed by atoms with Gasteiger partial charge in [0.25, 0.3) is 0 Å². The summed E-state index contributed by atoms with van der Waals surface area (Å²) in [5.74, 6) is -3.32. The van der Waals surface area contributed by atoms with Crippen LogP contribution in [-0.2, 0) is 16.6 Å². The highest BCUT2D eigenvalue weighted by molar-refractivity contribution is 5.71. The van der Waals surface area contributed by atoms with Gasteiger partial charge in [0.05, 0.1) is 17.1 Å². The monoisotopic (exact) mass is 278 g/mol. The molecule has 1 aliphatic rings. The van der Waals surface area contributed by atoms with E-state index in [-0.39, 0.29) is 18.4 Å². The Kier molecular flexibility index (Phi) is 3.04. The van der Waals surface area contributed by atoms with Gasteiger partial charge in [-0.25, -0.2) is 4.39 Å².